The first kappa shape index (κ1) is 27.9. The van der Waals surface area contributed by atoms with Gasteiger partial charge in [0.05, 0.1) is 6.61 Å². The van der Waals surface area contributed by atoms with Crippen LogP contribution in [0.15, 0.2) is 72.8 Å². The maximum absolute atomic E-state index is 14.9. The minimum absolute atomic E-state index is 0.0492. The molecule has 0 radical (unpaired) electrons. The first-order valence-electron chi connectivity index (χ1n) is 11.8. The molecule has 0 spiro atoms. The van der Waals surface area contributed by atoms with Crippen LogP contribution in [0.4, 0.5) is 35.1 Å². The summed E-state index contributed by atoms with van der Waals surface area (Å²) in [6, 6.07) is 12.7. The minimum atomic E-state index is -2.55. The normalized spacial score (nSPS) is 11.0. The van der Waals surface area contributed by atoms with Gasteiger partial charge in [-0.2, -0.15) is 8.78 Å². The molecule has 4 aromatic carbocycles. The van der Waals surface area contributed by atoms with Gasteiger partial charge in [-0.1, -0.05) is 36.4 Å². The molecular weight excluding hydrogens is 528 g/mol. The number of hydrogen-bond acceptors (Lipinski definition) is 1. The van der Waals surface area contributed by atoms with Gasteiger partial charge in [0.1, 0.15) is 17.5 Å². The van der Waals surface area contributed by atoms with Crippen molar-refractivity contribution in [2.45, 2.75) is 19.8 Å². The fraction of sp³-hybridized carbons (Fsp3) is 0.133. The van der Waals surface area contributed by atoms with Crippen molar-refractivity contribution in [3.63, 3.8) is 0 Å². The van der Waals surface area contributed by atoms with E-state index >= 15 is 0 Å². The Hall–Kier alpha value is -4.14. The molecule has 0 aliphatic heterocycles. The van der Waals surface area contributed by atoms with Gasteiger partial charge in [0, 0.05) is 16.7 Å². The van der Waals surface area contributed by atoms with Crippen LogP contribution in [0, 0.1) is 29.1 Å². The Morgan fingerprint density at radius 1 is 0.615 bits per heavy atom. The molecule has 202 valence electrons. The highest BCUT2D eigenvalue weighted by molar-refractivity contribution is 5.72. The predicted octanol–water partition coefficient (Wildman–Crippen LogP) is 9.43. The van der Waals surface area contributed by atoms with Crippen molar-refractivity contribution in [1.82, 2.24) is 0 Å². The highest BCUT2D eigenvalue weighted by atomic mass is 19.3. The molecule has 0 N–H and O–H groups in total. The van der Waals surface area contributed by atoms with Gasteiger partial charge in [-0.15, -0.1) is 0 Å². The molecule has 0 aromatic heterocycles. The summed E-state index contributed by atoms with van der Waals surface area (Å²) in [6.45, 7) is 1.62. The third kappa shape index (κ3) is 6.13. The zero-order chi connectivity index (χ0) is 28.3. The zero-order valence-corrected chi connectivity index (χ0v) is 20.4. The number of halogens is 8. The maximum atomic E-state index is 14.9. The van der Waals surface area contributed by atoms with E-state index in [4.69, 9.17) is 4.74 Å². The first-order chi connectivity index (χ1) is 18.6. The standard InChI is InChI=1S/C30H20F8O/c1-2-39-29-26(34)14-20(15-27(29)35)22-10-8-18(12-25(22)33)21-9-4-16(11-24(21)32)3-5-17-6-7-19(13-23(17)31)28(36)30(37)38/h4,6-15H,2-3,5H2,1H3. The second kappa shape index (κ2) is 11.7. The number of aryl methyl sites for hydroxylation is 2. The van der Waals surface area contributed by atoms with E-state index in [9.17, 15) is 35.1 Å². The van der Waals surface area contributed by atoms with Crippen LogP contribution in [0.25, 0.3) is 28.1 Å². The van der Waals surface area contributed by atoms with Crippen molar-refractivity contribution >= 4 is 5.83 Å². The largest absolute Gasteiger partial charge is 0.488 e. The van der Waals surface area contributed by atoms with E-state index in [-0.39, 0.29) is 47.3 Å². The van der Waals surface area contributed by atoms with Gasteiger partial charge in [-0.3, -0.25) is 0 Å². The quantitative estimate of drug-likeness (QED) is 0.199. The summed E-state index contributed by atoms with van der Waals surface area (Å²) in [5.41, 5.74) is 0.149. The van der Waals surface area contributed by atoms with E-state index in [1.54, 1.807) is 13.0 Å². The molecule has 0 amide bonds. The van der Waals surface area contributed by atoms with Crippen LogP contribution in [0.3, 0.4) is 0 Å². The van der Waals surface area contributed by atoms with E-state index in [1.807, 2.05) is 0 Å². The molecular formula is C30H20F8O. The molecule has 9 heteroatoms. The van der Waals surface area contributed by atoms with Crippen LogP contribution in [-0.4, -0.2) is 6.61 Å². The fourth-order valence-electron chi connectivity index (χ4n) is 4.14. The smallest absolute Gasteiger partial charge is 0.306 e. The molecule has 0 fully saturated rings. The minimum Gasteiger partial charge on any atom is -0.488 e. The van der Waals surface area contributed by atoms with Crippen molar-refractivity contribution < 1.29 is 39.9 Å². The molecule has 0 saturated heterocycles. The first-order valence-corrected chi connectivity index (χ1v) is 11.8. The molecule has 0 aliphatic rings. The summed E-state index contributed by atoms with van der Waals surface area (Å²) in [7, 11) is 0. The molecule has 0 bridgehead atoms. The highest BCUT2D eigenvalue weighted by Gasteiger charge is 2.17. The summed E-state index contributed by atoms with van der Waals surface area (Å²) in [5.74, 6) is -6.70. The van der Waals surface area contributed by atoms with Crippen LogP contribution >= 0.6 is 0 Å². The summed E-state index contributed by atoms with van der Waals surface area (Å²) >= 11 is 0. The number of hydrogen-bond donors (Lipinski definition) is 0. The van der Waals surface area contributed by atoms with Crippen molar-refractivity contribution in [3.8, 4) is 28.0 Å². The Balaban J connectivity index is 1.52. The van der Waals surface area contributed by atoms with Gasteiger partial charge in [0.2, 0.25) is 0 Å². The monoisotopic (exact) mass is 548 g/mol. The molecule has 39 heavy (non-hydrogen) atoms. The van der Waals surface area contributed by atoms with Crippen molar-refractivity contribution in [3.05, 3.63) is 119 Å². The molecule has 0 saturated carbocycles. The summed E-state index contributed by atoms with van der Waals surface area (Å²) in [6.07, 6.45) is -2.27. The fourth-order valence-corrected chi connectivity index (χ4v) is 4.14. The summed E-state index contributed by atoms with van der Waals surface area (Å²) in [4.78, 5) is 0. The van der Waals surface area contributed by atoms with Gasteiger partial charge in [-0.05, 0) is 72.4 Å². The van der Waals surface area contributed by atoms with Crippen molar-refractivity contribution in [1.29, 1.82) is 0 Å². The Morgan fingerprint density at radius 3 is 1.82 bits per heavy atom. The Morgan fingerprint density at radius 2 is 1.23 bits per heavy atom. The molecule has 0 aliphatic carbocycles. The van der Waals surface area contributed by atoms with Gasteiger partial charge in [0.15, 0.2) is 23.2 Å². The lowest BCUT2D eigenvalue weighted by Gasteiger charge is -2.11. The van der Waals surface area contributed by atoms with Gasteiger partial charge in [0.25, 0.3) is 0 Å². The van der Waals surface area contributed by atoms with E-state index in [2.05, 4.69) is 0 Å². The lowest BCUT2D eigenvalue weighted by molar-refractivity contribution is 0.303. The van der Waals surface area contributed by atoms with E-state index in [1.165, 1.54) is 30.3 Å². The van der Waals surface area contributed by atoms with E-state index in [0.717, 1.165) is 24.3 Å². The van der Waals surface area contributed by atoms with E-state index in [0.29, 0.717) is 11.6 Å². The Labute approximate surface area is 219 Å². The number of rotatable bonds is 8. The number of benzene rings is 4. The van der Waals surface area contributed by atoms with Crippen LogP contribution in [0.1, 0.15) is 23.6 Å². The lowest BCUT2D eigenvalue weighted by atomic mass is 9.97. The Kier molecular flexibility index (Phi) is 8.38. The Bertz CT molecular complexity index is 1530. The second-order valence-corrected chi connectivity index (χ2v) is 8.59. The third-order valence-electron chi connectivity index (χ3n) is 6.07. The highest BCUT2D eigenvalue weighted by Crippen LogP contribution is 2.33. The number of ether oxygens (including phenoxy) is 1. The van der Waals surface area contributed by atoms with E-state index < -0.39 is 52.3 Å². The molecule has 4 aromatic rings. The lowest BCUT2D eigenvalue weighted by Crippen LogP contribution is -1.99. The summed E-state index contributed by atoms with van der Waals surface area (Å²) in [5, 5.41) is 0. The second-order valence-electron chi connectivity index (χ2n) is 8.59. The molecule has 1 nitrogen and oxygen atoms in total. The average Bonchev–Trinajstić information content (AvgIpc) is 2.89. The zero-order valence-electron chi connectivity index (χ0n) is 20.4. The molecule has 0 heterocycles. The predicted molar refractivity (Wildman–Crippen MR) is 132 cm³/mol. The van der Waals surface area contributed by atoms with Gasteiger partial charge >= 0.3 is 6.08 Å². The molecule has 4 rings (SSSR count). The van der Waals surface area contributed by atoms with Crippen molar-refractivity contribution in [2.75, 3.05) is 6.61 Å². The van der Waals surface area contributed by atoms with Gasteiger partial charge < -0.3 is 4.74 Å². The van der Waals surface area contributed by atoms with Crippen LogP contribution < -0.4 is 4.74 Å². The summed E-state index contributed by atoms with van der Waals surface area (Å²) < 4.78 is 116. The average molecular weight is 548 g/mol. The third-order valence-corrected chi connectivity index (χ3v) is 6.07. The van der Waals surface area contributed by atoms with Crippen LogP contribution in [0.5, 0.6) is 5.75 Å². The maximum Gasteiger partial charge on any atom is 0.306 e. The van der Waals surface area contributed by atoms with Crippen LogP contribution in [-0.2, 0) is 12.8 Å². The van der Waals surface area contributed by atoms with Gasteiger partial charge in [-0.25, -0.2) is 26.3 Å². The molecule has 0 unspecified atom stereocenters. The molecule has 0 atom stereocenters. The SMILES string of the molecule is CCOc1c(F)cc(-c2ccc(-c3ccc(CCc4ccc(C(F)=C(F)F)cc4F)cc3F)cc2F)cc1F. The van der Waals surface area contributed by atoms with Crippen LogP contribution in [0.2, 0.25) is 0 Å². The topological polar surface area (TPSA) is 9.23 Å². The van der Waals surface area contributed by atoms with Crippen molar-refractivity contribution in [2.24, 2.45) is 0 Å².